The Morgan fingerprint density at radius 2 is 2.13 bits per heavy atom. The van der Waals surface area contributed by atoms with Crippen LogP contribution < -0.4 is 0 Å². The van der Waals surface area contributed by atoms with E-state index < -0.39 is 0 Å². The lowest BCUT2D eigenvalue weighted by Gasteiger charge is -1.98. The molecule has 0 atom stereocenters. The van der Waals surface area contributed by atoms with Crippen LogP contribution in [0.1, 0.15) is 16.1 Å². The third kappa shape index (κ3) is 1.79. The first kappa shape index (κ1) is 10.3. The van der Waals surface area contributed by atoms with Crippen LogP contribution in [-0.2, 0) is 0 Å². The third-order valence-corrected chi connectivity index (χ3v) is 3.00. The zero-order valence-corrected chi connectivity index (χ0v) is 9.65. The molecular formula is C12H13NOS. The molecule has 0 bridgehead atoms. The summed E-state index contributed by atoms with van der Waals surface area (Å²) in [6.07, 6.45) is 1.95. The molecule has 2 rings (SSSR count). The van der Waals surface area contributed by atoms with Crippen LogP contribution in [0.25, 0.3) is 10.9 Å². The second kappa shape index (κ2) is 4.11. The molecule has 0 unspecified atom stereocenters. The summed E-state index contributed by atoms with van der Waals surface area (Å²) in [6, 6.07) is 7.93. The summed E-state index contributed by atoms with van der Waals surface area (Å²) in [5, 5.41) is 1.04. The van der Waals surface area contributed by atoms with Crippen molar-refractivity contribution in [2.24, 2.45) is 0 Å². The van der Waals surface area contributed by atoms with Crippen LogP contribution in [0.15, 0.2) is 24.3 Å². The van der Waals surface area contributed by atoms with E-state index in [4.69, 9.17) is 0 Å². The number of ketones is 1. The zero-order valence-electron chi connectivity index (χ0n) is 8.83. The Kier molecular flexibility index (Phi) is 2.82. The van der Waals surface area contributed by atoms with E-state index >= 15 is 0 Å². The van der Waals surface area contributed by atoms with E-state index in [1.807, 2.05) is 37.4 Å². The van der Waals surface area contributed by atoms with E-state index in [-0.39, 0.29) is 5.78 Å². The van der Waals surface area contributed by atoms with E-state index in [1.54, 1.807) is 11.8 Å². The van der Waals surface area contributed by atoms with Gasteiger partial charge in [-0.25, -0.2) is 0 Å². The Bertz CT molecular complexity index is 501. The monoisotopic (exact) mass is 219 g/mol. The maximum atomic E-state index is 11.9. The van der Waals surface area contributed by atoms with Crippen LogP contribution in [-0.4, -0.2) is 22.8 Å². The Labute approximate surface area is 93.1 Å². The van der Waals surface area contributed by atoms with Crippen molar-refractivity contribution in [3.05, 3.63) is 35.5 Å². The average molecular weight is 219 g/mol. The van der Waals surface area contributed by atoms with Crippen molar-refractivity contribution < 1.29 is 4.79 Å². The van der Waals surface area contributed by atoms with Gasteiger partial charge in [-0.05, 0) is 19.2 Å². The summed E-state index contributed by atoms with van der Waals surface area (Å²) in [4.78, 5) is 15.1. The molecule has 0 saturated carbocycles. The molecule has 0 fully saturated rings. The number of aromatic amines is 1. The highest BCUT2D eigenvalue weighted by molar-refractivity contribution is 7.99. The number of carbonyl (C=O) groups is 1. The first-order valence-corrected chi connectivity index (χ1v) is 6.23. The van der Waals surface area contributed by atoms with Crippen molar-refractivity contribution in [2.45, 2.75) is 6.92 Å². The molecule has 15 heavy (non-hydrogen) atoms. The molecule has 1 aromatic heterocycles. The van der Waals surface area contributed by atoms with Crippen LogP contribution in [0.3, 0.4) is 0 Å². The van der Waals surface area contributed by atoms with E-state index in [9.17, 15) is 4.79 Å². The quantitative estimate of drug-likeness (QED) is 0.805. The van der Waals surface area contributed by atoms with E-state index in [0.29, 0.717) is 5.75 Å². The SMILES string of the molecule is CSCC(=O)c1c(C)[nH]c2ccccc12. The average Bonchev–Trinajstić information content (AvgIpc) is 2.54. The predicted molar refractivity (Wildman–Crippen MR) is 65.7 cm³/mol. The van der Waals surface area contributed by atoms with Gasteiger partial charge >= 0.3 is 0 Å². The molecule has 1 N–H and O–H groups in total. The van der Waals surface area contributed by atoms with Crippen molar-refractivity contribution in [3.63, 3.8) is 0 Å². The first-order valence-electron chi connectivity index (χ1n) is 4.83. The number of para-hydroxylation sites is 1. The minimum Gasteiger partial charge on any atom is -0.358 e. The summed E-state index contributed by atoms with van der Waals surface area (Å²) < 4.78 is 0. The fourth-order valence-electron chi connectivity index (χ4n) is 1.84. The lowest BCUT2D eigenvalue weighted by molar-refractivity contribution is 0.102. The van der Waals surface area contributed by atoms with Gasteiger partial charge in [0, 0.05) is 22.2 Å². The minimum absolute atomic E-state index is 0.206. The van der Waals surface area contributed by atoms with E-state index in [2.05, 4.69) is 4.98 Å². The number of aromatic nitrogens is 1. The lowest BCUT2D eigenvalue weighted by Crippen LogP contribution is -2.02. The topological polar surface area (TPSA) is 32.9 Å². The van der Waals surface area contributed by atoms with Crippen molar-refractivity contribution in [1.29, 1.82) is 0 Å². The maximum Gasteiger partial charge on any atom is 0.175 e. The normalized spacial score (nSPS) is 10.8. The van der Waals surface area contributed by atoms with Crippen LogP contribution in [0.5, 0.6) is 0 Å². The molecule has 0 aliphatic heterocycles. The van der Waals surface area contributed by atoms with Gasteiger partial charge in [-0.3, -0.25) is 4.79 Å². The number of aryl methyl sites for hydroxylation is 1. The number of benzene rings is 1. The molecule has 3 heteroatoms. The molecular weight excluding hydrogens is 206 g/mol. The molecule has 1 aromatic carbocycles. The van der Waals surface area contributed by atoms with Gasteiger partial charge in [0.2, 0.25) is 0 Å². The molecule has 2 aromatic rings. The second-order valence-corrected chi connectivity index (χ2v) is 4.39. The zero-order chi connectivity index (χ0) is 10.8. The van der Waals surface area contributed by atoms with Crippen molar-refractivity contribution in [3.8, 4) is 0 Å². The predicted octanol–water partition coefficient (Wildman–Crippen LogP) is 3.02. The van der Waals surface area contributed by atoms with Crippen LogP contribution >= 0.6 is 11.8 Å². The maximum absolute atomic E-state index is 11.9. The molecule has 0 spiro atoms. The minimum atomic E-state index is 0.206. The Hall–Kier alpha value is -1.22. The molecule has 0 saturated heterocycles. The fraction of sp³-hybridized carbons (Fsp3) is 0.250. The van der Waals surface area contributed by atoms with Crippen molar-refractivity contribution in [1.82, 2.24) is 4.98 Å². The van der Waals surface area contributed by atoms with Gasteiger partial charge < -0.3 is 4.98 Å². The smallest absolute Gasteiger partial charge is 0.175 e. The molecule has 0 radical (unpaired) electrons. The van der Waals surface area contributed by atoms with E-state index in [0.717, 1.165) is 22.2 Å². The number of rotatable bonds is 3. The Morgan fingerprint density at radius 3 is 2.87 bits per heavy atom. The first-order chi connectivity index (χ1) is 7.24. The molecule has 2 nitrogen and oxygen atoms in total. The van der Waals surface area contributed by atoms with Crippen LogP contribution in [0, 0.1) is 6.92 Å². The summed E-state index contributed by atoms with van der Waals surface area (Å²) in [5.74, 6) is 0.750. The van der Waals surface area contributed by atoms with Crippen molar-refractivity contribution in [2.75, 3.05) is 12.0 Å². The largest absolute Gasteiger partial charge is 0.358 e. The standard InChI is InChI=1S/C12H13NOS/c1-8-12(11(14)7-15-2)9-5-3-4-6-10(9)13-8/h3-6,13H,7H2,1-2H3. The summed E-state index contributed by atoms with van der Waals surface area (Å²) in [7, 11) is 0. The number of carbonyl (C=O) groups excluding carboxylic acids is 1. The van der Waals surface area contributed by atoms with Gasteiger partial charge in [0.15, 0.2) is 5.78 Å². The molecule has 0 amide bonds. The summed E-state index contributed by atoms with van der Waals surface area (Å²) in [5.41, 5.74) is 2.86. The number of nitrogens with one attached hydrogen (secondary N) is 1. The summed E-state index contributed by atoms with van der Waals surface area (Å²) in [6.45, 7) is 1.95. The Morgan fingerprint density at radius 1 is 1.40 bits per heavy atom. The van der Waals surface area contributed by atoms with Crippen molar-refractivity contribution >= 4 is 28.4 Å². The number of H-pyrrole nitrogens is 1. The van der Waals surface area contributed by atoms with Gasteiger partial charge in [-0.2, -0.15) is 11.8 Å². The third-order valence-electron chi connectivity index (χ3n) is 2.45. The number of hydrogen-bond acceptors (Lipinski definition) is 2. The molecule has 78 valence electrons. The van der Waals surface area contributed by atoms with Gasteiger partial charge in [-0.1, -0.05) is 18.2 Å². The fourth-order valence-corrected chi connectivity index (χ4v) is 2.25. The van der Waals surface area contributed by atoms with Gasteiger partial charge in [-0.15, -0.1) is 0 Å². The number of hydrogen-bond donors (Lipinski definition) is 1. The van der Waals surface area contributed by atoms with Gasteiger partial charge in [0.05, 0.1) is 5.75 Å². The molecule has 0 aliphatic rings. The summed E-state index contributed by atoms with van der Waals surface area (Å²) >= 11 is 1.56. The van der Waals surface area contributed by atoms with Gasteiger partial charge in [0.1, 0.15) is 0 Å². The second-order valence-electron chi connectivity index (χ2n) is 3.53. The number of thioether (sulfide) groups is 1. The Balaban J connectivity index is 2.58. The van der Waals surface area contributed by atoms with Crippen LogP contribution in [0.2, 0.25) is 0 Å². The van der Waals surface area contributed by atoms with Gasteiger partial charge in [0.25, 0.3) is 0 Å². The number of Topliss-reactive ketones (excluding diaryl/α,β-unsaturated/α-hetero) is 1. The highest BCUT2D eigenvalue weighted by atomic mass is 32.2. The molecule has 1 heterocycles. The van der Waals surface area contributed by atoms with Crippen LogP contribution in [0.4, 0.5) is 0 Å². The highest BCUT2D eigenvalue weighted by Gasteiger charge is 2.14. The molecule has 0 aliphatic carbocycles. The highest BCUT2D eigenvalue weighted by Crippen LogP contribution is 2.22. The lowest BCUT2D eigenvalue weighted by atomic mass is 10.1. The van der Waals surface area contributed by atoms with E-state index in [1.165, 1.54) is 0 Å². The number of fused-ring (bicyclic) bond motifs is 1.